The number of halogens is 1. The zero-order valence-corrected chi connectivity index (χ0v) is 10.6. The van der Waals surface area contributed by atoms with Gasteiger partial charge in [-0.1, -0.05) is 19.3 Å². The lowest BCUT2D eigenvalue weighted by atomic mass is 9.80. The number of hydrogen-bond donors (Lipinski definition) is 3. The molecule has 0 radical (unpaired) electrons. The lowest BCUT2D eigenvalue weighted by Crippen LogP contribution is -2.62. The van der Waals surface area contributed by atoms with Gasteiger partial charge in [0, 0.05) is 13.1 Å². The fourth-order valence-electron chi connectivity index (χ4n) is 2.40. The molecule has 0 aromatic rings. The highest BCUT2D eigenvalue weighted by Crippen LogP contribution is 2.28. The van der Waals surface area contributed by atoms with Crippen LogP contribution in [-0.2, 0) is 9.59 Å². The number of rotatable bonds is 3. The smallest absolute Gasteiger partial charge is 0.243 e. The second-order valence-corrected chi connectivity index (χ2v) is 4.85. The molecule has 5 nitrogen and oxygen atoms in total. The maximum Gasteiger partial charge on any atom is 0.243 e. The molecule has 17 heavy (non-hydrogen) atoms. The normalized spacial score (nSPS) is 23.1. The fraction of sp³-hybridized carbons (Fsp3) is 0.818. The molecule has 2 fully saturated rings. The summed E-state index contributed by atoms with van der Waals surface area (Å²) in [4.78, 5) is 23.4. The maximum atomic E-state index is 11.8. The van der Waals surface area contributed by atoms with E-state index in [0.717, 1.165) is 19.3 Å². The highest BCUT2D eigenvalue weighted by molar-refractivity contribution is 5.91. The second kappa shape index (κ2) is 5.69. The Bertz CT molecular complexity index is 299. The maximum absolute atomic E-state index is 11.8. The van der Waals surface area contributed by atoms with Crippen molar-refractivity contribution >= 4 is 24.2 Å². The van der Waals surface area contributed by atoms with Gasteiger partial charge >= 0.3 is 0 Å². The van der Waals surface area contributed by atoms with E-state index in [1.54, 1.807) is 0 Å². The predicted octanol–water partition coefficient (Wildman–Crippen LogP) is -0.0680. The van der Waals surface area contributed by atoms with Crippen molar-refractivity contribution in [1.29, 1.82) is 0 Å². The first-order valence-electron chi connectivity index (χ1n) is 5.97. The Hall–Kier alpha value is -0.810. The molecule has 1 aliphatic carbocycles. The molecule has 0 bridgehead atoms. The summed E-state index contributed by atoms with van der Waals surface area (Å²) < 4.78 is 0. The van der Waals surface area contributed by atoms with Crippen molar-refractivity contribution in [2.24, 2.45) is 11.7 Å². The van der Waals surface area contributed by atoms with Crippen LogP contribution >= 0.6 is 12.4 Å². The van der Waals surface area contributed by atoms with Gasteiger partial charge in [-0.25, -0.2) is 0 Å². The molecular weight excluding hydrogens is 242 g/mol. The van der Waals surface area contributed by atoms with Crippen LogP contribution in [0.2, 0.25) is 0 Å². The summed E-state index contributed by atoms with van der Waals surface area (Å²) in [5, 5.41) is 5.92. The third-order valence-corrected chi connectivity index (χ3v) is 3.69. The number of carbonyl (C=O) groups is 2. The average Bonchev–Trinajstić information content (AvgIpc) is 2.15. The molecular formula is C11H20ClN3O2. The molecule has 1 saturated heterocycles. The molecule has 0 atom stereocenters. The zero-order valence-electron chi connectivity index (χ0n) is 9.83. The molecule has 0 unspecified atom stereocenters. The minimum absolute atomic E-state index is 0. The van der Waals surface area contributed by atoms with Crippen molar-refractivity contribution in [3.05, 3.63) is 0 Å². The number of nitrogens with one attached hydrogen (secondary N) is 2. The van der Waals surface area contributed by atoms with Crippen molar-refractivity contribution in [1.82, 2.24) is 10.6 Å². The van der Waals surface area contributed by atoms with Crippen LogP contribution in [-0.4, -0.2) is 30.4 Å². The highest BCUT2D eigenvalue weighted by atomic mass is 35.5. The number of amides is 2. The third-order valence-electron chi connectivity index (χ3n) is 3.69. The largest absolute Gasteiger partial charge is 0.368 e. The van der Waals surface area contributed by atoms with E-state index in [4.69, 9.17) is 5.73 Å². The van der Waals surface area contributed by atoms with E-state index in [-0.39, 0.29) is 30.1 Å². The summed E-state index contributed by atoms with van der Waals surface area (Å²) in [7, 11) is 0. The monoisotopic (exact) mass is 261 g/mol. The molecule has 6 heteroatoms. The van der Waals surface area contributed by atoms with Crippen LogP contribution in [0.15, 0.2) is 0 Å². The first-order valence-corrected chi connectivity index (χ1v) is 5.97. The molecule has 2 aliphatic rings. The Morgan fingerprint density at radius 3 is 2.18 bits per heavy atom. The molecule has 0 aromatic heterocycles. The van der Waals surface area contributed by atoms with Crippen LogP contribution < -0.4 is 16.4 Å². The van der Waals surface area contributed by atoms with Gasteiger partial charge < -0.3 is 16.4 Å². The molecule has 98 valence electrons. The Morgan fingerprint density at radius 1 is 1.18 bits per heavy atom. The van der Waals surface area contributed by atoms with Crippen LogP contribution in [0.25, 0.3) is 0 Å². The number of carbonyl (C=O) groups excluding carboxylic acids is 2. The third kappa shape index (κ3) is 2.90. The van der Waals surface area contributed by atoms with E-state index >= 15 is 0 Å². The number of hydrogen-bond acceptors (Lipinski definition) is 3. The lowest BCUT2D eigenvalue weighted by molar-refractivity contribution is -0.135. The molecule has 2 amide bonds. The van der Waals surface area contributed by atoms with Gasteiger partial charge in [-0.05, 0) is 12.8 Å². The molecule has 0 aromatic carbocycles. The van der Waals surface area contributed by atoms with Crippen LogP contribution in [0.1, 0.15) is 32.1 Å². The Labute approximate surface area is 107 Å². The first kappa shape index (κ1) is 14.3. The molecule has 2 rings (SSSR count). The van der Waals surface area contributed by atoms with Gasteiger partial charge in [0.05, 0.1) is 5.92 Å². The van der Waals surface area contributed by atoms with E-state index < -0.39 is 5.54 Å². The van der Waals surface area contributed by atoms with Crippen LogP contribution in [0.4, 0.5) is 0 Å². The van der Waals surface area contributed by atoms with Crippen molar-refractivity contribution in [2.45, 2.75) is 37.6 Å². The summed E-state index contributed by atoms with van der Waals surface area (Å²) >= 11 is 0. The summed E-state index contributed by atoms with van der Waals surface area (Å²) in [6, 6.07) is 0. The molecule has 1 saturated carbocycles. The van der Waals surface area contributed by atoms with Crippen LogP contribution in [0, 0.1) is 5.92 Å². The van der Waals surface area contributed by atoms with Gasteiger partial charge in [0.2, 0.25) is 11.8 Å². The second-order valence-electron chi connectivity index (χ2n) is 4.85. The van der Waals surface area contributed by atoms with Gasteiger partial charge in [-0.2, -0.15) is 0 Å². The van der Waals surface area contributed by atoms with E-state index in [2.05, 4.69) is 10.6 Å². The standard InChI is InChI=1S/C11H19N3O2.ClH/c12-10(16)11(4-2-1-3-5-11)14-9(15)8-6-13-7-8;/h8,13H,1-7H2,(H2,12,16)(H,14,15);1H. The average molecular weight is 262 g/mol. The van der Waals surface area contributed by atoms with E-state index in [9.17, 15) is 9.59 Å². The van der Waals surface area contributed by atoms with E-state index in [1.807, 2.05) is 0 Å². The Morgan fingerprint density at radius 2 is 1.76 bits per heavy atom. The van der Waals surface area contributed by atoms with Gasteiger partial charge in [-0.15, -0.1) is 12.4 Å². The van der Waals surface area contributed by atoms with Crippen LogP contribution in [0.5, 0.6) is 0 Å². The minimum Gasteiger partial charge on any atom is -0.368 e. The highest BCUT2D eigenvalue weighted by Gasteiger charge is 2.41. The topological polar surface area (TPSA) is 84.2 Å². The number of nitrogens with two attached hydrogens (primary N) is 1. The van der Waals surface area contributed by atoms with Crippen LogP contribution in [0.3, 0.4) is 0 Å². The minimum atomic E-state index is -0.773. The fourth-order valence-corrected chi connectivity index (χ4v) is 2.40. The van der Waals surface area contributed by atoms with Crippen molar-refractivity contribution in [3.63, 3.8) is 0 Å². The van der Waals surface area contributed by atoms with E-state index in [0.29, 0.717) is 25.9 Å². The van der Waals surface area contributed by atoms with Gasteiger partial charge in [0.15, 0.2) is 0 Å². The summed E-state index contributed by atoms with van der Waals surface area (Å²) in [5.74, 6) is -0.398. The van der Waals surface area contributed by atoms with Gasteiger partial charge in [-0.3, -0.25) is 9.59 Å². The first-order chi connectivity index (χ1) is 7.64. The molecule has 1 heterocycles. The zero-order chi connectivity index (χ0) is 11.6. The van der Waals surface area contributed by atoms with E-state index in [1.165, 1.54) is 0 Å². The molecule has 0 spiro atoms. The number of primary amides is 1. The van der Waals surface area contributed by atoms with Crippen molar-refractivity contribution < 1.29 is 9.59 Å². The Balaban J connectivity index is 0.00000144. The summed E-state index contributed by atoms with van der Waals surface area (Å²) in [5.41, 5.74) is 4.67. The molecule has 1 aliphatic heterocycles. The summed E-state index contributed by atoms with van der Waals surface area (Å²) in [6.45, 7) is 1.42. The lowest BCUT2D eigenvalue weighted by Gasteiger charge is -2.37. The molecule has 4 N–H and O–H groups in total. The SMILES string of the molecule is Cl.NC(=O)C1(NC(=O)C2CNC2)CCCCC1. The summed E-state index contributed by atoms with van der Waals surface area (Å²) in [6.07, 6.45) is 4.43. The quantitative estimate of drug-likeness (QED) is 0.665. The predicted molar refractivity (Wildman–Crippen MR) is 66.8 cm³/mol. The van der Waals surface area contributed by atoms with Gasteiger partial charge in [0.1, 0.15) is 5.54 Å². The van der Waals surface area contributed by atoms with Crippen molar-refractivity contribution in [2.75, 3.05) is 13.1 Å². The Kier molecular flexibility index (Phi) is 4.77. The van der Waals surface area contributed by atoms with Crippen molar-refractivity contribution in [3.8, 4) is 0 Å². The van der Waals surface area contributed by atoms with Gasteiger partial charge in [0.25, 0.3) is 0 Å².